The average molecular weight is 564 g/mol. The number of rotatable bonds is 5. The molecule has 2 heterocycles. The highest BCUT2D eigenvalue weighted by Crippen LogP contribution is 2.37. The van der Waals surface area contributed by atoms with Crippen LogP contribution in [0.3, 0.4) is 0 Å². The van der Waals surface area contributed by atoms with Gasteiger partial charge < -0.3 is 25.7 Å². The predicted molar refractivity (Wildman–Crippen MR) is 136 cm³/mol. The third-order valence-corrected chi connectivity index (χ3v) is 5.79. The van der Waals surface area contributed by atoms with Gasteiger partial charge in [-0.05, 0) is 31.9 Å². The van der Waals surface area contributed by atoms with Crippen LogP contribution in [0, 0.1) is 5.41 Å². The van der Waals surface area contributed by atoms with E-state index in [1.165, 1.54) is 4.90 Å². The number of carboxylic acid groups (broad SMARTS) is 2. The van der Waals surface area contributed by atoms with E-state index in [4.69, 9.17) is 26.2 Å². The Kier molecular flexibility index (Phi) is 13.4. The lowest BCUT2D eigenvalue weighted by Crippen LogP contribution is -2.57. The van der Waals surface area contributed by atoms with Gasteiger partial charge in [0.15, 0.2) is 0 Å². The molecule has 2 saturated heterocycles. The first-order valence-electron chi connectivity index (χ1n) is 10.5. The van der Waals surface area contributed by atoms with Crippen LogP contribution in [0.5, 0.6) is 0 Å². The van der Waals surface area contributed by atoms with Crippen LogP contribution in [-0.2, 0) is 14.4 Å². The molecular weight excluding hydrogens is 527 g/mol. The molecule has 12 nitrogen and oxygen atoms in total. The topological polar surface area (TPSA) is 185 Å². The number of likely N-dealkylation sites (tertiary alicyclic amines) is 1. The molecule has 0 saturated carbocycles. The Hall–Kier alpha value is -4.17. The molecule has 15 heteroatoms. The number of aliphatic carboxylic acids is 2. The number of amides is 4. The second kappa shape index (κ2) is 14.1. The Balaban J connectivity index is 0. The van der Waals surface area contributed by atoms with Crippen molar-refractivity contribution in [2.75, 3.05) is 26.2 Å². The molecule has 220 valence electrons. The third-order valence-electron chi connectivity index (χ3n) is 5.79. The molecule has 3 rings (SSSR count). The number of urea groups is 1. The molecule has 0 radical (unpaired) electrons. The summed E-state index contributed by atoms with van der Waals surface area (Å²) in [6, 6.07) is 5.80. The van der Waals surface area contributed by atoms with Crippen LogP contribution >= 0.6 is 0 Å². The zero-order valence-electron chi connectivity index (χ0n) is 19.0. The lowest BCUT2D eigenvalue weighted by Gasteiger charge is -2.41. The summed E-state index contributed by atoms with van der Waals surface area (Å²) in [7, 11) is 0. The molecule has 5 N–H and O–H groups in total. The monoisotopic (exact) mass is 563 g/mol. The molecule has 1 aromatic rings. The van der Waals surface area contributed by atoms with Gasteiger partial charge in [-0.2, -0.15) is 13.2 Å². The van der Waals surface area contributed by atoms with Gasteiger partial charge in [0.1, 0.15) is 17.9 Å². The van der Waals surface area contributed by atoms with E-state index in [1.54, 1.807) is 36.1 Å². The summed E-state index contributed by atoms with van der Waals surface area (Å²) in [5.74, 6) is -4.81. The molecule has 0 aliphatic carbocycles. The fraction of sp³-hybridized carbons (Fsp3) is 0.500. The normalized spacial score (nSPS) is 15.7. The number of carbonyl (C=O) groups excluding carboxylic acids is 3. The summed E-state index contributed by atoms with van der Waals surface area (Å²) in [6.45, 7) is 1.89. The van der Waals surface area contributed by atoms with Crippen molar-refractivity contribution in [3.05, 3.63) is 35.4 Å². The van der Waals surface area contributed by atoms with Crippen molar-refractivity contribution >= 4 is 35.6 Å². The van der Waals surface area contributed by atoms with Crippen LogP contribution in [0.2, 0.25) is 0 Å². The number of hydrogen-bond donors (Lipinski definition) is 4. The maximum atomic E-state index is 12.9. The van der Waals surface area contributed by atoms with E-state index >= 15 is 0 Å². The Bertz CT molecular complexity index is 1070. The number of amidine groups is 1. The molecule has 0 atom stereocenters. The van der Waals surface area contributed by atoms with Crippen molar-refractivity contribution in [2.24, 2.45) is 5.73 Å². The molecule has 0 bridgehead atoms. The summed E-state index contributed by atoms with van der Waals surface area (Å²) >= 11 is 0. The predicted octanol–water partition coefficient (Wildman–Crippen LogP) is 2.86. The van der Waals surface area contributed by atoms with Gasteiger partial charge in [0.05, 0.1) is 0 Å². The molecule has 2 aliphatic heterocycles. The first-order valence-corrected chi connectivity index (χ1v) is 10.5. The van der Waals surface area contributed by atoms with Crippen molar-refractivity contribution < 1.29 is 47.4 Å². The Labute approximate surface area is 224 Å². The number of imide groups is 1. The van der Waals surface area contributed by atoms with Gasteiger partial charge in [0.25, 0.3) is 11.8 Å². The number of benzene rings is 1. The molecule has 39 heavy (non-hydrogen) atoms. The smallest absolute Gasteiger partial charge is 0.480 e. The van der Waals surface area contributed by atoms with Crippen LogP contribution < -0.4 is 5.73 Å². The first kappa shape index (κ1) is 37.0. The second-order valence-electron chi connectivity index (χ2n) is 7.93. The van der Waals surface area contributed by atoms with Crippen molar-refractivity contribution in [3.8, 4) is 0 Å². The maximum Gasteiger partial charge on any atom is 0.490 e. The lowest BCUT2D eigenvalue weighted by molar-refractivity contribution is -0.192. The largest absolute Gasteiger partial charge is 0.490 e. The quantitative estimate of drug-likeness (QED) is 0.239. The number of likely N-dealkylation sites (N-methyl/N-ethyl adjacent to an activating group) is 1. The standard InChI is InChI=1S/C19H23N5O5.C2HF3O2.3CH4/c1-2-24-18(29)23(11-14(25)26)17(28)19(24)7-9-22(10-8-19)16(27)13-5-3-12(4-6-13)15(20)21;3-2(4,5)1(6)7;;;/h3-6H,2,7-11H2,1H3,(H3,20,21)(H,25,26);(H,6,7);3*1H4. The molecule has 1 aromatic carbocycles. The highest BCUT2D eigenvalue weighted by atomic mass is 19.4. The summed E-state index contributed by atoms with van der Waals surface area (Å²) in [4.78, 5) is 62.0. The Morgan fingerprint density at radius 3 is 1.79 bits per heavy atom. The zero-order chi connectivity index (χ0) is 27.4. The van der Waals surface area contributed by atoms with Gasteiger partial charge in [0.2, 0.25) is 0 Å². The van der Waals surface area contributed by atoms with Gasteiger partial charge in [-0.15, -0.1) is 0 Å². The van der Waals surface area contributed by atoms with Crippen LogP contribution in [0.15, 0.2) is 24.3 Å². The van der Waals surface area contributed by atoms with E-state index in [1.807, 2.05) is 0 Å². The van der Waals surface area contributed by atoms with Gasteiger partial charge in [0, 0.05) is 30.8 Å². The SMILES string of the molecule is C.C.C.CCN1C(=O)N(CC(=O)O)C(=O)C12CCN(C(=O)c1ccc(C(=N)N)cc1)CC2.O=C(O)C(F)(F)F. The Morgan fingerprint density at radius 1 is 1.00 bits per heavy atom. The van der Waals surface area contributed by atoms with E-state index in [0.717, 1.165) is 4.90 Å². The molecule has 4 amide bonds. The van der Waals surface area contributed by atoms with Gasteiger partial charge in [-0.3, -0.25) is 24.7 Å². The minimum absolute atomic E-state index is 0. The number of nitrogens with zero attached hydrogens (tertiary/aromatic N) is 3. The molecule has 2 aliphatic rings. The minimum atomic E-state index is -5.08. The van der Waals surface area contributed by atoms with E-state index in [0.29, 0.717) is 11.1 Å². The number of piperidine rings is 1. The van der Waals surface area contributed by atoms with E-state index < -0.39 is 42.1 Å². The lowest BCUT2D eigenvalue weighted by atomic mass is 9.85. The number of alkyl halides is 3. The van der Waals surface area contributed by atoms with Crippen molar-refractivity contribution in [1.29, 1.82) is 5.41 Å². The maximum absolute atomic E-state index is 12.9. The summed E-state index contributed by atoms with van der Waals surface area (Å²) < 4.78 is 31.7. The number of nitrogens with one attached hydrogen (secondary N) is 1. The fourth-order valence-electron chi connectivity index (χ4n) is 4.03. The second-order valence-corrected chi connectivity index (χ2v) is 7.93. The molecule has 0 aromatic heterocycles. The molecule has 0 unspecified atom stereocenters. The van der Waals surface area contributed by atoms with Crippen LogP contribution in [0.1, 0.15) is 58.0 Å². The van der Waals surface area contributed by atoms with Gasteiger partial charge >= 0.3 is 24.1 Å². The average Bonchev–Trinajstić information content (AvgIpc) is 2.99. The number of hydrogen-bond acceptors (Lipinski definition) is 6. The van der Waals surface area contributed by atoms with Crippen LogP contribution in [-0.4, -0.2) is 98.4 Å². The highest BCUT2D eigenvalue weighted by Gasteiger charge is 2.58. The highest BCUT2D eigenvalue weighted by molar-refractivity contribution is 6.09. The Morgan fingerprint density at radius 2 is 1.44 bits per heavy atom. The van der Waals surface area contributed by atoms with Crippen LogP contribution in [0.4, 0.5) is 18.0 Å². The zero-order valence-corrected chi connectivity index (χ0v) is 19.0. The van der Waals surface area contributed by atoms with E-state index in [2.05, 4.69) is 0 Å². The molecule has 2 fully saturated rings. The van der Waals surface area contributed by atoms with Crippen molar-refractivity contribution in [2.45, 2.75) is 53.8 Å². The summed E-state index contributed by atoms with van der Waals surface area (Å²) in [5.41, 5.74) is 5.29. The molecular formula is C24H36F3N5O7. The van der Waals surface area contributed by atoms with Crippen molar-refractivity contribution in [3.63, 3.8) is 0 Å². The van der Waals surface area contributed by atoms with Gasteiger partial charge in [-0.25, -0.2) is 9.59 Å². The summed E-state index contributed by atoms with van der Waals surface area (Å²) in [5, 5.41) is 23.5. The number of carboxylic acids is 2. The number of carbonyl (C=O) groups is 5. The fourth-order valence-corrected chi connectivity index (χ4v) is 4.03. The summed E-state index contributed by atoms with van der Waals surface area (Å²) in [6.07, 6.45) is -4.59. The first-order chi connectivity index (χ1) is 16.7. The van der Waals surface area contributed by atoms with E-state index in [-0.39, 0.29) is 66.5 Å². The van der Waals surface area contributed by atoms with Crippen molar-refractivity contribution in [1.82, 2.24) is 14.7 Å². The van der Waals surface area contributed by atoms with E-state index in [9.17, 15) is 32.3 Å². The molecule has 1 spiro atoms. The minimum Gasteiger partial charge on any atom is -0.480 e. The van der Waals surface area contributed by atoms with Gasteiger partial charge in [-0.1, -0.05) is 34.4 Å². The number of halogens is 3. The van der Waals surface area contributed by atoms with Crippen LogP contribution in [0.25, 0.3) is 0 Å². The number of nitrogen functional groups attached to an aromatic ring is 1. The third kappa shape index (κ3) is 7.91. The number of nitrogens with two attached hydrogens (primary N) is 1.